The van der Waals surface area contributed by atoms with Gasteiger partial charge in [-0.15, -0.1) is 0 Å². The highest BCUT2D eigenvalue weighted by Crippen LogP contribution is 2.29. The maximum absolute atomic E-state index is 12.3. The summed E-state index contributed by atoms with van der Waals surface area (Å²) < 4.78 is -1.86. The molecule has 0 aliphatic rings. The predicted octanol–water partition coefficient (Wildman–Crippen LogP) is 6.91. The maximum Gasteiger partial charge on any atom is 0.245 e. The third-order valence-corrected chi connectivity index (χ3v) is 5.15. The molecule has 3 rings (SSSR count). The quantitative estimate of drug-likeness (QED) is 0.102. The van der Waals surface area contributed by atoms with E-state index >= 15 is 0 Å². The monoisotopic (exact) mass is 531 g/mol. The molecule has 6 nitrogen and oxygen atoms in total. The number of thiocarbonyl (C=S) groups is 1. The summed E-state index contributed by atoms with van der Waals surface area (Å²) in [5.41, 5.74) is 2.97. The van der Waals surface area contributed by atoms with Crippen LogP contribution in [0.25, 0.3) is 6.08 Å². The number of benzene rings is 3. The molecule has 3 aromatic rings. The molecule has 0 heterocycles. The summed E-state index contributed by atoms with van der Waals surface area (Å²) in [6.45, 7) is 0. The first kappa shape index (κ1) is 25.6. The molecule has 0 saturated heterocycles. The molecule has 0 radical (unpaired) electrons. The van der Waals surface area contributed by atoms with E-state index in [0.717, 1.165) is 11.3 Å². The number of halogens is 3. The number of carbonyl (C=O) groups is 1. The van der Waals surface area contributed by atoms with Gasteiger partial charge in [0.2, 0.25) is 9.70 Å². The van der Waals surface area contributed by atoms with E-state index in [2.05, 4.69) is 26.2 Å². The molecular formula is C24H20Cl3N5OS. The molecule has 0 bridgehead atoms. The van der Waals surface area contributed by atoms with E-state index in [4.69, 9.17) is 47.0 Å². The van der Waals surface area contributed by atoms with Gasteiger partial charge in [-0.05, 0) is 60.3 Å². The third-order valence-electron chi connectivity index (χ3n) is 4.28. The highest BCUT2D eigenvalue weighted by molar-refractivity contribution is 7.80. The number of nitrogens with one attached hydrogen (secondary N) is 3. The van der Waals surface area contributed by atoms with Crippen molar-refractivity contribution < 1.29 is 4.79 Å². The lowest BCUT2D eigenvalue weighted by Gasteiger charge is -2.27. The van der Waals surface area contributed by atoms with Crippen LogP contribution in [0.1, 0.15) is 5.56 Å². The Kier molecular flexibility index (Phi) is 9.42. The molecule has 0 aromatic heterocycles. The molecule has 0 fully saturated rings. The summed E-state index contributed by atoms with van der Waals surface area (Å²) in [5.74, 6) is -0.455. The van der Waals surface area contributed by atoms with E-state index in [1.54, 1.807) is 30.3 Å². The van der Waals surface area contributed by atoms with Crippen molar-refractivity contribution >= 4 is 81.2 Å². The second kappa shape index (κ2) is 12.5. The molecule has 10 heteroatoms. The zero-order valence-electron chi connectivity index (χ0n) is 17.7. The number of anilines is 1. The summed E-state index contributed by atoms with van der Waals surface area (Å²) >= 11 is 23.4. The first-order chi connectivity index (χ1) is 16.3. The SMILES string of the molecule is O=C(/C=C/c1ccccc1)N[C@H](NC(=S)Nc1ccc(N=Nc2ccccc2)cc1)C(Cl)(Cl)Cl. The highest BCUT2D eigenvalue weighted by atomic mass is 35.6. The Morgan fingerprint density at radius 1 is 0.824 bits per heavy atom. The first-order valence-electron chi connectivity index (χ1n) is 10.0. The molecular weight excluding hydrogens is 513 g/mol. The van der Waals surface area contributed by atoms with Crippen molar-refractivity contribution in [3.63, 3.8) is 0 Å². The van der Waals surface area contributed by atoms with Gasteiger partial charge in [0.25, 0.3) is 0 Å². The molecule has 3 aromatic carbocycles. The molecule has 1 atom stereocenters. The number of hydrogen-bond donors (Lipinski definition) is 3. The van der Waals surface area contributed by atoms with Crippen LogP contribution in [0.3, 0.4) is 0 Å². The Morgan fingerprint density at radius 3 is 1.97 bits per heavy atom. The number of carbonyl (C=O) groups excluding carboxylic acids is 1. The van der Waals surface area contributed by atoms with E-state index in [1.165, 1.54) is 6.08 Å². The summed E-state index contributed by atoms with van der Waals surface area (Å²) in [6, 6.07) is 25.9. The van der Waals surface area contributed by atoms with Gasteiger partial charge in [-0.2, -0.15) is 10.2 Å². The Balaban J connectivity index is 1.56. The van der Waals surface area contributed by atoms with E-state index in [-0.39, 0.29) is 5.11 Å². The van der Waals surface area contributed by atoms with Crippen LogP contribution in [-0.2, 0) is 4.79 Å². The van der Waals surface area contributed by atoms with Crippen molar-refractivity contribution in [2.45, 2.75) is 9.96 Å². The van der Waals surface area contributed by atoms with Crippen molar-refractivity contribution in [3.05, 3.63) is 96.6 Å². The summed E-state index contributed by atoms with van der Waals surface area (Å²) in [6.07, 6.45) is 1.92. The number of rotatable bonds is 7. The molecule has 0 aliphatic heterocycles. The number of alkyl halides is 3. The smallest absolute Gasteiger partial charge is 0.245 e. The summed E-state index contributed by atoms with van der Waals surface area (Å²) in [5, 5.41) is 16.9. The Labute approximate surface area is 218 Å². The van der Waals surface area contributed by atoms with Gasteiger partial charge in [0.1, 0.15) is 6.17 Å². The molecule has 174 valence electrons. The average molecular weight is 533 g/mol. The second-order valence-corrected chi connectivity index (χ2v) is 9.69. The average Bonchev–Trinajstić information content (AvgIpc) is 2.82. The van der Waals surface area contributed by atoms with Gasteiger partial charge in [0.05, 0.1) is 11.4 Å². The van der Waals surface area contributed by atoms with Crippen LogP contribution in [0.5, 0.6) is 0 Å². The Bertz CT molecular complexity index is 1150. The van der Waals surface area contributed by atoms with Crippen LogP contribution >= 0.6 is 47.0 Å². The minimum Gasteiger partial charge on any atom is -0.339 e. The number of nitrogens with zero attached hydrogens (tertiary/aromatic N) is 2. The van der Waals surface area contributed by atoms with Crippen molar-refractivity contribution in [1.29, 1.82) is 0 Å². The molecule has 3 N–H and O–H groups in total. The van der Waals surface area contributed by atoms with Gasteiger partial charge < -0.3 is 16.0 Å². The number of amides is 1. The van der Waals surface area contributed by atoms with Gasteiger partial charge in [0, 0.05) is 11.8 Å². The molecule has 34 heavy (non-hydrogen) atoms. The number of azo groups is 1. The van der Waals surface area contributed by atoms with Crippen molar-refractivity contribution in [2.75, 3.05) is 5.32 Å². The van der Waals surface area contributed by atoms with Crippen molar-refractivity contribution in [3.8, 4) is 0 Å². The minimum atomic E-state index is -1.86. The standard InChI is InChI=1S/C24H20Cl3N5OS/c25-24(26,27)22(29-21(33)16-11-17-7-3-1-4-8-17)30-23(34)28-18-12-14-20(15-13-18)32-31-19-9-5-2-6-10-19/h1-16,22H,(H,29,33)(H2,28,30,34)/b16-11+,32-31?/t22-/m1/s1. The largest absolute Gasteiger partial charge is 0.339 e. The highest BCUT2D eigenvalue weighted by Gasteiger charge is 2.34. The van der Waals surface area contributed by atoms with Gasteiger partial charge in [-0.3, -0.25) is 4.79 Å². The van der Waals surface area contributed by atoms with Gasteiger partial charge in [-0.1, -0.05) is 83.3 Å². The second-order valence-electron chi connectivity index (χ2n) is 6.91. The zero-order valence-corrected chi connectivity index (χ0v) is 20.7. The lowest BCUT2D eigenvalue weighted by molar-refractivity contribution is -0.117. The predicted molar refractivity (Wildman–Crippen MR) is 144 cm³/mol. The van der Waals surface area contributed by atoms with Gasteiger partial charge in [0.15, 0.2) is 5.11 Å². The molecule has 0 unspecified atom stereocenters. The zero-order chi connectivity index (χ0) is 24.4. The fraction of sp³-hybridized carbons (Fsp3) is 0.0833. The maximum atomic E-state index is 12.3. The molecule has 0 aliphatic carbocycles. The van der Waals surface area contributed by atoms with Crippen molar-refractivity contribution in [1.82, 2.24) is 10.6 Å². The van der Waals surface area contributed by atoms with Crippen LogP contribution in [0.15, 0.2) is 101 Å². The van der Waals surface area contributed by atoms with E-state index in [9.17, 15) is 4.79 Å². The fourth-order valence-electron chi connectivity index (χ4n) is 2.65. The lowest BCUT2D eigenvalue weighted by Crippen LogP contribution is -2.55. The minimum absolute atomic E-state index is 0.155. The van der Waals surface area contributed by atoms with Crippen LogP contribution in [0.4, 0.5) is 17.1 Å². The molecule has 0 spiro atoms. The summed E-state index contributed by atoms with van der Waals surface area (Å²) in [4.78, 5) is 12.3. The Morgan fingerprint density at radius 2 is 1.38 bits per heavy atom. The lowest BCUT2D eigenvalue weighted by atomic mass is 10.2. The number of hydrogen-bond acceptors (Lipinski definition) is 4. The van der Waals surface area contributed by atoms with Crippen LogP contribution in [0, 0.1) is 0 Å². The van der Waals surface area contributed by atoms with Crippen LogP contribution < -0.4 is 16.0 Å². The van der Waals surface area contributed by atoms with E-state index in [0.29, 0.717) is 11.4 Å². The van der Waals surface area contributed by atoms with Gasteiger partial charge in [-0.25, -0.2) is 0 Å². The molecule has 1 amide bonds. The van der Waals surface area contributed by atoms with Crippen LogP contribution in [0.2, 0.25) is 0 Å². The fourth-order valence-corrected chi connectivity index (χ4v) is 3.21. The normalized spacial score (nSPS) is 12.4. The van der Waals surface area contributed by atoms with E-state index < -0.39 is 15.9 Å². The Hall–Kier alpha value is -2.97. The topological polar surface area (TPSA) is 77.9 Å². The molecule has 0 saturated carbocycles. The van der Waals surface area contributed by atoms with E-state index in [1.807, 2.05) is 60.7 Å². The van der Waals surface area contributed by atoms with Crippen LogP contribution in [-0.4, -0.2) is 21.0 Å². The first-order valence-corrected chi connectivity index (χ1v) is 11.6. The van der Waals surface area contributed by atoms with Gasteiger partial charge >= 0.3 is 0 Å². The summed E-state index contributed by atoms with van der Waals surface area (Å²) in [7, 11) is 0. The van der Waals surface area contributed by atoms with Crippen molar-refractivity contribution in [2.24, 2.45) is 10.2 Å². The third kappa shape index (κ3) is 8.76.